The summed E-state index contributed by atoms with van der Waals surface area (Å²) < 4.78 is 0. The summed E-state index contributed by atoms with van der Waals surface area (Å²) in [5, 5.41) is 3.33. The molecule has 2 fully saturated rings. The van der Waals surface area contributed by atoms with Crippen molar-refractivity contribution in [2.75, 3.05) is 19.6 Å². The van der Waals surface area contributed by atoms with E-state index in [-0.39, 0.29) is 11.9 Å². The number of rotatable bonds is 6. The summed E-state index contributed by atoms with van der Waals surface area (Å²) in [7, 11) is 0. The molecule has 4 nitrogen and oxygen atoms in total. The Kier molecular flexibility index (Phi) is 4.51. The molecule has 2 aliphatic rings. The van der Waals surface area contributed by atoms with Crippen LogP contribution in [-0.2, 0) is 4.79 Å². The van der Waals surface area contributed by atoms with E-state index in [0.717, 1.165) is 24.8 Å². The summed E-state index contributed by atoms with van der Waals surface area (Å²) in [6.07, 6.45) is 5.02. The van der Waals surface area contributed by atoms with E-state index in [2.05, 4.69) is 24.1 Å². The van der Waals surface area contributed by atoms with Crippen LogP contribution in [0.15, 0.2) is 0 Å². The van der Waals surface area contributed by atoms with E-state index in [1.165, 1.54) is 32.4 Å². The first-order chi connectivity index (χ1) is 8.90. The van der Waals surface area contributed by atoms with Gasteiger partial charge in [-0.15, -0.1) is 0 Å². The summed E-state index contributed by atoms with van der Waals surface area (Å²) in [6.45, 7) is 9.48. The topological polar surface area (TPSA) is 58.4 Å². The molecule has 4 heteroatoms. The number of amides is 1. The summed E-state index contributed by atoms with van der Waals surface area (Å²) in [5.74, 6) is 1.59. The highest BCUT2D eigenvalue weighted by atomic mass is 16.1. The van der Waals surface area contributed by atoms with E-state index < -0.39 is 5.54 Å². The molecule has 1 saturated heterocycles. The summed E-state index contributed by atoms with van der Waals surface area (Å²) >= 11 is 0. The Labute approximate surface area is 117 Å². The number of nitrogens with one attached hydrogen (secondary N) is 1. The quantitative estimate of drug-likeness (QED) is 0.764. The largest absolute Gasteiger partial charge is 0.368 e. The second-order valence-electron chi connectivity index (χ2n) is 6.96. The molecule has 1 saturated carbocycles. The number of fused-ring (bicyclic) bond motifs is 1. The number of hydrogen-bond donors (Lipinski definition) is 2. The van der Waals surface area contributed by atoms with Crippen LogP contribution in [0.3, 0.4) is 0 Å². The van der Waals surface area contributed by atoms with Gasteiger partial charge in [0.05, 0.1) is 5.54 Å². The van der Waals surface area contributed by atoms with Crippen LogP contribution in [0.25, 0.3) is 0 Å². The van der Waals surface area contributed by atoms with Crippen molar-refractivity contribution in [2.24, 2.45) is 17.6 Å². The van der Waals surface area contributed by atoms with Crippen LogP contribution in [0.2, 0.25) is 0 Å². The molecule has 0 aromatic heterocycles. The van der Waals surface area contributed by atoms with E-state index in [0.29, 0.717) is 0 Å². The number of carbonyl (C=O) groups is 1. The third kappa shape index (κ3) is 3.48. The van der Waals surface area contributed by atoms with Gasteiger partial charge < -0.3 is 16.0 Å². The zero-order valence-electron chi connectivity index (χ0n) is 12.6. The van der Waals surface area contributed by atoms with E-state index in [1.807, 2.05) is 6.92 Å². The van der Waals surface area contributed by atoms with Crippen molar-refractivity contribution in [2.45, 2.75) is 58.0 Å². The molecule has 1 aliphatic heterocycles. The highest BCUT2D eigenvalue weighted by molar-refractivity contribution is 5.84. The van der Waals surface area contributed by atoms with E-state index >= 15 is 0 Å². The Balaban J connectivity index is 1.84. The first-order valence-corrected chi connectivity index (χ1v) is 7.70. The lowest BCUT2D eigenvalue weighted by molar-refractivity contribution is -0.124. The Morgan fingerprint density at radius 3 is 2.42 bits per heavy atom. The van der Waals surface area contributed by atoms with Gasteiger partial charge in [-0.2, -0.15) is 0 Å². The lowest BCUT2D eigenvalue weighted by Gasteiger charge is -2.31. The molecular weight excluding hydrogens is 238 g/mol. The van der Waals surface area contributed by atoms with Crippen molar-refractivity contribution in [3.8, 4) is 0 Å². The van der Waals surface area contributed by atoms with Gasteiger partial charge in [-0.3, -0.25) is 4.79 Å². The molecular formula is C15H29N3O. The molecule has 2 rings (SSSR count). The average molecular weight is 267 g/mol. The number of likely N-dealkylation sites (tertiary alicyclic amines) is 1. The molecule has 0 spiro atoms. The van der Waals surface area contributed by atoms with Crippen molar-refractivity contribution >= 4 is 5.91 Å². The minimum absolute atomic E-state index is 0.236. The van der Waals surface area contributed by atoms with Crippen LogP contribution in [0.1, 0.15) is 46.5 Å². The first kappa shape index (κ1) is 14.8. The Morgan fingerprint density at radius 2 is 1.95 bits per heavy atom. The third-order valence-electron chi connectivity index (χ3n) is 4.88. The monoisotopic (exact) mass is 267 g/mol. The second kappa shape index (κ2) is 5.80. The van der Waals surface area contributed by atoms with Crippen molar-refractivity contribution in [1.82, 2.24) is 10.2 Å². The number of carbonyl (C=O) groups excluding carboxylic acids is 1. The molecule has 0 aromatic carbocycles. The normalized spacial score (nSPS) is 30.5. The Morgan fingerprint density at radius 1 is 1.37 bits per heavy atom. The van der Waals surface area contributed by atoms with Crippen LogP contribution in [-0.4, -0.2) is 42.0 Å². The molecule has 1 amide bonds. The molecule has 19 heavy (non-hydrogen) atoms. The number of nitrogens with two attached hydrogens (primary N) is 1. The lowest BCUT2D eigenvalue weighted by atomic mass is 9.95. The number of hydrogen-bond acceptors (Lipinski definition) is 3. The van der Waals surface area contributed by atoms with Gasteiger partial charge in [0.2, 0.25) is 5.91 Å². The predicted molar refractivity (Wildman–Crippen MR) is 77.8 cm³/mol. The molecule has 3 atom stereocenters. The fourth-order valence-electron chi connectivity index (χ4n) is 3.80. The molecule has 0 bridgehead atoms. The van der Waals surface area contributed by atoms with Gasteiger partial charge in [0.1, 0.15) is 0 Å². The van der Waals surface area contributed by atoms with Gasteiger partial charge in [-0.25, -0.2) is 0 Å². The highest BCUT2D eigenvalue weighted by Crippen LogP contribution is 2.37. The van der Waals surface area contributed by atoms with Gasteiger partial charge in [0.15, 0.2) is 0 Å². The number of primary amides is 1. The van der Waals surface area contributed by atoms with E-state index in [1.54, 1.807) is 0 Å². The molecule has 0 aromatic rings. The Hall–Kier alpha value is -0.610. The summed E-state index contributed by atoms with van der Waals surface area (Å²) in [6, 6.07) is 0.274. The highest BCUT2D eigenvalue weighted by Gasteiger charge is 2.38. The molecule has 3 N–H and O–H groups in total. The number of nitrogens with zero attached hydrogens (tertiary/aromatic N) is 1. The van der Waals surface area contributed by atoms with Crippen molar-refractivity contribution < 1.29 is 4.79 Å². The lowest BCUT2D eigenvalue weighted by Crippen LogP contribution is -2.56. The fourth-order valence-corrected chi connectivity index (χ4v) is 3.80. The fraction of sp³-hybridized carbons (Fsp3) is 0.933. The molecule has 1 heterocycles. The third-order valence-corrected chi connectivity index (χ3v) is 4.88. The second-order valence-corrected chi connectivity index (χ2v) is 6.96. The first-order valence-electron chi connectivity index (χ1n) is 7.70. The maximum atomic E-state index is 11.7. The minimum Gasteiger partial charge on any atom is -0.368 e. The van der Waals surface area contributed by atoms with Crippen LogP contribution < -0.4 is 11.1 Å². The maximum Gasteiger partial charge on any atom is 0.237 e. The molecule has 110 valence electrons. The van der Waals surface area contributed by atoms with E-state index in [9.17, 15) is 4.79 Å². The standard InChI is InChI=1S/C15H29N3O/c1-11(2)17-15(3,14(16)19)7-8-18-9-12-5-4-6-13(12)10-18/h11-13,17H,4-10H2,1-3H3,(H2,16,19). The average Bonchev–Trinajstić information content (AvgIpc) is 2.85. The molecule has 3 unspecified atom stereocenters. The summed E-state index contributed by atoms with van der Waals surface area (Å²) in [5.41, 5.74) is 5.00. The summed E-state index contributed by atoms with van der Waals surface area (Å²) in [4.78, 5) is 14.2. The predicted octanol–water partition coefficient (Wildman–Crippen LogP) is 1.35. The molecule has 1 aliphatic carbocycles. The van der Waals surface area contributed by atoms with Gasteiger partial charge in [-0.1, -0.05) is 6.42 Å². The van der Waals surface area contributed by atoms with Crippen LogP contribution in [0, 0.1) is 11.8 Å². The van der Waals surface area contributed by atoms with Crippen molar-refractivity contribution in [3.63, 3.8) is 0 Å². The van der Waals surface area contributed by atoms with Gasteiger partial charge in [-0.05, 0) is 51.9 Å². The maximum absolute atomic E-state index is 11.7. The van der Waals surface area contributed by atoms with Crippen LogP contribution in [0.5, 0.6) is 0 Å². The van der Waals surface area contributed by atoms with Crippen LogP contribution >= 0.6 is 0 Å². The van der Waals surface area contributed by atoms with E-state index in [4.69, 9.17) is 5.73 Å². The van der Waals surface area contributed by atoms with Crippen molar-refractivity contribution in [1.29, 1.82) is 0 Å². The molecule has 0 radical (unpaired) electrons. The zero-order chi connectivity index (χ0) is 14.0. The SMILES string of the molecule is CC(C)NC(C)(CCN1CC2CCCC2C1)C(N)=O. The Bertz CT molecular complexity index is 319. The van der Waals surface area contributed by atoms with Crippen molar-refractivity contribution in [3.05, 3.63) is 0 Å². The smallest absolute Gasteiger partial charge is 0.237 e. The van der Waals surface area contributed by atoms with Gasteiger partial charge in [0, 0.05) is 25.7 Å². The van der Waals surface area contributed by atoms with Crippen LogP contribution in [0.4, 0.5) is 0 Å². The zero-order valence-corrected chi connectivity index (χ0v) is 12.6. The van der Waals surface area contributed by atoms with Gasteiger partial charge >= 0.3 is 0 Å². The van der Waals surface area contributed by atoms with Gasteiger partial charge in [0.25, 0.3) is 0 Å². The minimum atomic E-state index is -0.578.